The van der Waals surface area contributed by atoms with E-state index in [9.17, 15) is 9.59 Å². The lowest BCUT2D eigenvalue weighted by Gasteiger charge is -2.18. The molecule has 2 aliphatic rings. The Morgan fingerprint density at radius 2 is 1.95 bits per heavy atom. The number of nitrogens with zero attached hydrogens (tertiary/aromatic N) is 1. The molecule has 96 valence electrons. The third kappa shape index (κ3) is 1.86. The maximum Gasteiger partial charge on any atom is 0.349 e. The van der Waals surface area contributed by atoms with E-state index in [1.807, 2.05) is 36.2 Å². The molecule has 5 heteroatoms. The molecule has 1 aromatic carbocycles. The Labute approximate surface area is 114 Å². The number of rotatable bonds is 0. The number of allylic oxidation sites excluding steroid dienone is 2. The lowest BCUT2D eigenvalue weighted by molar-refractivity contribution is -0.137. The number of anilines is 1. The molecule has 1 aromatic rings. The minimum atomic E-state index is -0.577. The monoisotopic (exact) mass is 273 g/mol. The number of para-hydroxylation sites is 1. The lowest BCUT2D eigenvalue weighted by atomic mass is 10.1. The summed E-state index contributed by atoms with van der Waals surface area (Å²) in [6.45, 7) is 1.59. The van der Waals surface area contributed by atoms with Crippen LogP contribution in [-0.2, 0) is 14.3 Å². The zero-order valence-electron chi connectivity index (χ0n) is 10.5. The van der Waals surface area contributed by atoms with E-state index in [0.29, 0.717) is 10.8 Å². The average molecular weight is 273 g/mol. The number of hydrogen-bond donors (Lipinski definition) is 0. The Bertz CT molecular complexity index is 660. The Hall–Kier alpha value is -2.01. The van der Waals surface area contributed by atoms with Crippen molar-refractivity contribution in [1.29, 1.82) is 0 Å². The number of fused-ring (bicyclic) bond motifs is 1. The number of cyclic esters (lactones) is 1. The highest BCUT2D eigenvalue weighted by Crippen LogP contribution is 2.46. The van der Waals surface area contributed by atoms with Gasteiger partial charge in [0, 0.05) is 18.0 Å². The molecule has 2 heterocycles. The van der Waals surface area contributed by atoms with E-state index >= 15 is 0 Å². The van der Waals surface area contributed by atoms with Crippen LogP contribution >= 0.6 is 11.8 Å². The van der Waals surface area contributed by atoms with Crippen molar-refractivity contribution >= 4 is 29.2 Å². The first-order valence-corrected chi connectivity index (χ1v) is 6.59. The molecule has 4 nitrogen and oxygen atoms in total. The number of ether oxygens (including phenoxy) is 1. The van der Waals surface area contributed by atoms with Crippen LogP contribution in [-0.4, -0.2) is 18.8 Å². The normalized spacial score (nSPS) is 22.2. The third-order valence-electron chi connectivity index (χ3n) is 2.99. The van der Waals surface area contributed by atoms with E-state index in [1.165, 1.54) is 17.8 Å². The van der Waals surface area contributed by atoms with Crippen LogP contribution in [0.3, 0.4) is 0 Å². The van der Waals surface area contributed by atoms with Gasteiger partial charge in [0.25, 0.3) is 0 Å². The summed E-state index contributed by atoms with van der Waals surface area (Å²) in [5.41, 5.74) is 1.09. The van der Waals surface area contributed by atoms with Crippen LogP contribution in [0.1, 0.15) is 6.92 Å². The molecule has 0 radical (unpaired) electrons. The zero-order valence-corrected chi connectivity index (χ0v) is 11.3. The fourth-order valence-electron chi connectivity index (χ4n) is 2.10. The van der Waals surface area contributed by atoms with Gasteiger partial charge in [-0.05, 0) is 19.1 Å². The molecule has 2 aliphatic heterocycles. The van der Waals surface area contributed by atoms with E-state index < -0.39 is 5.97 Å². The number of carbonyl (C=O) groups excluding carboxylic acids is 2. The van der Waals surface area contributed by atoms with Crippen molar-refractivity contribution in [3.8, 4) is 0 Å². The molecule has 0 N–H and O–H groups in total. The molecule has 0 aliphatic carbocycles. The van der Waals surface area contributed by atoms with Gasteiger partial charge in [0.1, 0.15) is 11.3 Å². The zero-order chi connectivity index (χ0) is 13.6. The van der Waals surface area contributed by atoms with Crippen LogP contribution in [0.15, 0.2) is 51.6 Å². The van der Waals surface area contributed by atoms with E-state index in [-0.39, 0.29) is 11.4 Å². The van der Waals surface area contributed by atoms with Gasteiger partial charge in [0.15, 0.2) is 5.78 Å². The number of ketones is 1. The number of thioether (sulfide) groups is 1. The molecule has 0 aromatic heterocycles. The summed E-state index contributed by atoms with van der Waals surface area (Å²) in [4.78, 5) is 26.8. The van der Waals surface area contributed by atoms with E-state index in [0.717, 1.165) is 10.6 Å². The first kappa shape index (κ1) is 12.0. The molecule has 0 saturated carbocycles. The highest BCUT2D eigenvalue weighted by atomic mass is 32.2. The van der Waals surface area contributed by atoms with Crippen molar-refractivity contribution in [3.63, 3.8) is 0 Å². The number of esters is 1. The van der Waals surface area contributed by atoms with Gasteiger partial charge >= 0.3 is 5.97 Å². The third-order valence-corrected chi connectivity index (χ3v) is 4.23. The molecule has 19 heavy (non-hydrogen) atoms. The maximum atomic E-state index is 12.0. The summed E-state index contributed by atoms with van der Waals surface area (Å²) < 4.78 is 5.03. The molecule has 0 atom stereocenters. The van der Waals surface area contributed by atoms with Crippen molar-refractivity contribution in [2.75, 3.05) is 11.9 Å². The second-order valence-corrected chi connectivity index (χ2v) is 5.35. The van der Waals surface area contributed by atoms with Crippen LogP contribution < -0.4 is 4.90 Å². The minimum Gasteiger partial charge on any atom is -0.427 e. The van der Waals surface area contributed by atoms with Gasteiger partial charge < -0.3 is 9.64 Å². The van der Waals surface area contributed by atoms with Gasteiger partial charge in [-0.1, -0.05) is 23.9 Å². The first-order chi connectivity index (χ1) is 9.08. The van der Waals surface area contributed by atoms with Gasteiger partial charge in [0.05, 0.1) is 10.7 Å². The quantitative estimate of drug-likeness (QED) is 0.413. The van der Waals surface area contributed by atoms with Crippen molar-refractivity contribution in [2.24, 2.45) is 0 Å². The maximum absolute atomic E-state index is 12.0. The number of benzene rings is 1. The van der Waals surface area contributed by atoms with Crippen molar-refractivity contribution in [2.45, 2.75) is 11.8 Å². The van der Waals surface area contributed by atoms with Gasteiger partial charge in [-0.2, -0.15) is 0 Å². The standard InChI is InChI=1S/C14H11NO3S/c1-8-7-10(16)12(14(17)18-8)13-15(2)9-5-3-4-6-11(9)19-13/h3-7H,1-2H3/b13-12+. The van der Waals surface area contributed by atoms with Crippen LogP contribution in [0.2, 0.25) is 0 Å². The van der Waals surface area contributed by atoms with Crippen LogP contribution in [0.25, 0.3) is 0 Å². The molecule has 0 fully saturated rings. The van der Waals surface area contributed by atoms with E-state index in [1.54, 1.807) is 6.92 Å². The van der Waals surface area contributed by atoms with Crippen LogP contribution in [0, 0.1) is 0 Å². The van der Waals surface area contributed by atoms with Gasteiger partial charge in [-0.3, -0.25) is 4.79 Å². The Morgan fingerprint density at radius 3 is 2.63 bits per heavy atom. The fourth-order valence-corrected chi connectivity index (χ4v) is 3.28. The van der Waals surface area contributed by atoms with Gasteiger partial charge in [0.2, 0.25) is 0 Å². The second kappa shape index (κ2) is 4.28. The van der Waals surface area contributed by atoms with Crippen LogP contribution in [0.4, 0.5) is 5.69 Å². The molecule has 3 rings (SSSR count). The fraction of sp³-hybridized carbons (Fsp3) is 0.143. The SMILES string of the molecule is CC1=CC(=O)/C(=C2\Sc3ccccc3N2C)C(=O)O1. The highest BCUT2D eigenvalue weighted by molar-refractivity contribution is 8.03. The Balaban J connectivity index is 2.11. The summed E-state index contributed by atoms with van der Waals surface area (Å²) in [7, 11) is 1.84. The minimum absolute atomic E-state index is 0.106. The van der Waals surface area contributed by atoms with E-state index in [2.05, 4.69) is 0 Å². The number of carbonyl (C=O) groups is 2. The Morgan fingerprint density at radius 1 is 1.21 bits per heavy atom. The average Bonchev–Trinajstić information content (AvgIpc) is 2.66. The van der Waals surface area contributed by atoms with Crippen molar-refractivity contribution in [3.05, 3.63) is 46.7 Å². The van der Waals surface area contributed by atoms with E-state index in [4.69, 9.17) is 4.74 Å². The van der Waals surface area contributed by atoms with Crippen LogP contribution in [0.5, 0.6) is 0 Å². The lowest BCUT2D eigenvalue weighted by Crippen LogP contribution is -2.24. The molecule has 0 saturated heterocycles. The summed E-state index contributed by atoms with van der Waals surface area (Å²) in [6, 6.07) is 7.77. The van der Waals surface area contributed by atoms with Gasteiger partial charge in [-0.15, -0.1) is 0 Å². The summed E-state index contributed by atoms with van der Waals surface area (Å²) in [6.07, 6.45) is 1.35. The highest BCUT2D eigenvalue weighted by Gasteiger charge is 2.34. The smallest absolute Gasteiger partial charge is 0.349 e. The van der Waals surface area contributed by atoms with Crippen molar-refractivity contribution < 1.29 is 14.3 Å². The Kier molecular flexibility index (Phi) is 2.71. The summed E-state index contributed by atoms with van der Waals surface area (Å²) in [5.74, 6) is -0.537. The van der Waals surface area contributed by atoms with Crippen molar-refractivity contribution in [1.82, 2.24) is 0 Å². The van der Waals surface area contributed by atoms with Gasteiger partial charge in [-0.25, -0.2) is 4.79 Å². The predicted octanol–water partition coefficient (Wildman–Crippen LogP) is 2.47. The molecule has 0 unspecified atom stereocenters. The molecule has 0 amide bonds. The second-order valence-electron chi connectivity index (χ2n) is 4.32. The summed E-state index contributed by atoms with van der Waals surface area (Å²) >= 11 is 1.41. The number of hydrogen-bond acceptors (Lipinski definition) is 5. The summed E-state index contributed by atoms with van der Waals surface area (Å²) in [5, 5.41) is 0.625. The first-order valence-electron chi connectivity index (χ1n) is 5.77. The molecular formula is C14H11NO3S. The topological polar surface area (TPSA) is 46.6 Å². The predicted molar refractivity (Wildman–Crippen MR) is 72.6 cm³/mol. The molecule has 0 bridgehead atoms. The molecular weight excluding hydrogens is 262 g/mol. The largest absolute Gasteiger partial charge is 0.427 e. The molecule has 0 spiro atoms.